The molecule has 0 aromatic heterocycles. The molecule has 0 aliphatic rings. The van der Waals surface area contributed by atoms with Crippen molar-refractivity contribution >= 4 is 44.8 Å². The molecule has 1 aromatic carbocycles. The number of nitrogens with zero attached hydrogens (tertiary/aromatic N) is 1. The van der Waals surface area contributed by atoms with Gasteiger partial charge in [-0.05, 0) is 35.0 Å². The van der Waals surface area contributed by atoms with Crippen molar-refractivity contribution in [2.24, 2.45) is 5.73 Å². The van der Waals surface area contributed by atoms with Crippen LogP contribution in [0.4, 0.5) is 10.1 Å². The van der Waals surface area contributed by atoms with Crippen LogP contribution >= 0.6 is 28.1 Å². The molecule has 7 heteroatoms. The first-order chi connectivity index (χ1) is 9.38. The van der Waals surface area contributed by atoms with Crippen LogP contribution in [0.5, 0.6) is 0 Å². The lowest BCUT2D eigenvalue weighted by Gasteiger charge is -2.20. The normalized spacial score (nSPS) is 10.2. The molecule has 0 aliphatic heterocycles. The Bertz CT molecular complexity index is 525. The first-order valence-electron chi connectivity index (χ1n) is 6.03. The van der Waals surface area contributed by atoms with Crippen LogP contribution < -0.4 is 10.6 Å². The maximum Gasteiger partial charge on any atom is 0.307 e. The van der Waals surface area contributed by atoms with Crippen molar-refractivity contribution in [3.8, 4) is 0 Å². The Balaban J connectivity index is 2.84. The number of ether oxygens (including phenoxy) is 1. The van der Waals surface area contributed by atoms with Gasteiger partial charge in [-0.3, -0.25) is 4.79 Å². The molecule has 0 amide bonds. The molecule has 0 aliphatic carbocycles. The zero-order chi connectivity index (χ0) is 15.3. The summed E-state index contributed by atoms with van der Waals surface area (Å²) < 4.78 is 19.3. The topological polar surface area (TPSA) is 55.6 Å². The van der Waals surface area contributed by atoms with Gasteiger partial charge in [0.05, 0.1) is 23.2 Å². The van der Waals surface area contributed by atoms with Gasteiger partial charge in [0.1, 0.15) is 4.99 Å². The molecule has 0 unspecified atom stereocenters. The standard InChI is InChI=1S/C13H16BrFN2O2S/c1-3-19-10(18)6-7-17(2)9-5-4-8(13(16)20)11(14)12(9)15/h4-5H,3,6-7H2,1-2H3,(H2,16,20). The van der Waals surface area contributed by atoms with Gasteiger partial charge in [-0.15, -0.1) is 0 Å². The number of thiocarbonyl (C=S) groups is 1. The van der Waals surface area contributed by atoms with Crippen molar-refractivity contribution in [3.63, 3.8) is 0 Å². The fourth-order valence-corrected chi connectivity index (χ4v) is 2.49. The van der Waals surface area contributed by atoms with Gasteiger partial charge < -0.3 is 15.4 Å². The van der Waals surface area contributed by atoms with Crippen molar-refractivity contribution in [3.05, 3.63) is 28.0 Å². The van der Waals surface area contributed by atoms with E-state index in [1.807, 2.05) is 0 Å². The third-order valence-corrected chi connectivity index (χ3v) is 3.69. The van der Waals surface area contributed by atoms with Gasteiger partial charge in [0, 0.05) is 19.2 Å². The lowest BCUT2D eigenvalue weighted by Crippen LogP contribution is -2.23. The largest absolute Gasteiger partial charge is 0.466 e. The second kappa shape index (κ2) is 7.54. The van der Waals surface area contributed by atoms with Crippen LogP contribution in [0.2, 0.25) is 0 Å². The highest BCUT2D eigenvalue weighted by Gasteiger charge is 2.16. The summed E-state index contributed by atoms with van der Waals surface area (Å²) in [5.74, 6) is -0.764. The van der Waals surface area contributed by atoms with Gasteiger partial charge in [-0.1, -0.05) is 12.2 Å². The Hall–Kier alpha value is -1.21. The number of hydrogen-bond donors (Lipinski definition) is 1. The van der Waals surface area contributed by atoms with Crippen molar-refractivity contribution in [1.29, 1.82) is 0 Å². The van der Waals surface area contributed by atoms with Crippen LogP contribution in [0.1, 0.15) is 18.9 Å². The molecule has 0 atom stereocenters. The van der Waals surface area contributed by atoms with Gasteiger partial charge >= 0.3 is 5.97 Å². The summed E-state index contributed by atoms with van der Waals surface area (Å²) >= 11 is 7.98. The smallest absolute Gasteiger partial charge is 0.307 e. The van der Waals surface area contributed by atoms with E-state index in [1.165, 1.54) is 0 Å². The molecule has 1 aromatic rings. The summed E-state index contributed by atoms with van der Waals surface area (Å²) in [6.07, 6.45) is 0.193. The van der Waals surface area contributed by atoms with E-state index in [0.717, 1.165) is 0 Å². The van der Waals surface area contributed by atoms with Crippen LogP contribution in [-0.4, -0.2) is 31.2 Å². The number of carbonyl (C=O) groups is 1. The van der Waals surface area contributed by atoms with Crippen molar-refractivity contribution in [1.82, 2.24) is 0 Å². The fraction of sp³-hybridized carbons (Fsp3) is 0.385. The first kappa shape index (κ1) is 16.8. The van der Waals surface area contributed by atoms with Gasteiger partial charge in [0.25, 0.3) is 0 Å². The molecule has 0 fully saturated rings. The maximum absolute atomic E-state index is 14.2. The van der Waals surface area contributed by atoms with Crippen molar-refractivity contribution in [2.75, 3.05) is 25.1 Å². The van der Waals surface area contributed by atoms with E-state index in [4.69, 9.17) is 22.7 Å². The predicted molar refractivity (Wildman–Crippen MR) is 84.5 cm³/mol. The zero-order valence-corrected chi connectivity index (χ0v) is 13.7. The Morgan fingerprint density at radius 1 is 1.55 bits per heavy atom. The number of esters is 1. The highest BCUT2D eigenvalue weighted by molar-refractivity contribution is 9.10. The summed E-state index contributed by atoms with van der Waals surface area (Å²) in [5, 5.41) is 0. The molecule has 0 radical (unpaired) electrons. The van der Waals surface area contributed by atoms with Gasteiger partial charge in [0.2, 0.25) is 0 Å². The molecule has 2 N–H and O–H groups in total. The fourth-order valence-electron chi connectivity index (χ4n) is 1.64. The summed E-state index contributed by atoms with van der Waals surface area (Å²) in [6.45, 7) is 2.44. The highest BCUT2D eigenvalue weighted by Crippen LogP contribution is 2.29. The van der Waals surface area contributed by atoms with E-state index in [1.54, 1.807) is 31.0 Å². The van der Waals surface area contributed by atoms with E-state index in [9.17, 15) is 9.18 Å². The molecule has 4 nitrogen and oxygen atoms in total. The quantitative estimate of drug-likeness (QED) is 0.622. The minimum atomic E-state index is -0.457. The lowest BCUT2D eigenvalue weighted by molar-refractivity contribution is -0.142. The molecule has 0 saturated heterocycles. The van der Waals surface area contributed by atoms with Crippen LogP contribution in [0.25, 0.3) is 0 Å². The Kier molecular flexibility index (Phi) is 6.35. The maximum atomic E-state index is 14.2. The first-order valence-corrected chi connectivity index (χ1v) is 7.23. The molecule has 110 valence electrons. The van der Waals surface area contributed by atoms with E-state index in [-0.39, 0.29) is 21.9 Å². The Labute approximate surface area is 131 Å². The molecule has 0 spiro atoms. The highest BCUT2D eigenvalue weighted by atomic mass is 79.9. The van der Waals surface area contributed by atoms with Crippen LogP contribution in [0, 0.1) is 5.82 Å². The summed E-state index contributed by atoms with van der Waals surface area (Å²) in [6, 6.07) is 3.23. The number of hydrogen-bond acceptors (Lipinski definition) is 4. The second-order valence-corrected chi connectivity index (χ2v) is 5.33. The van der Waals surface area contributed by atoms with Crippen molar-refractivity contribution in [2.45, 2.75) is 13.3 Å². The van der Waals surface area contributed by atoms with Crippen LogP contribution in [0.15, 0.2) is 16.6 Å². The van der Waals surface area contributed by atoms with E-state index in [0.29, 0.717) is 24.4 Å². The molecule has 20 heavy (non-hydrogen) atoms. The Morgan fingerprint density at radius 2 is 2.20 bits per heavy atom. The third-order valence-electron chi connectivity index (χ3n) is 2.70. The number of halogens is 2. The number of benzene rings is 1. The van der Waals surface area contributed by atoms with Crippen molar-refractivity contribution < 1.29 is 13.9 Å². The average molecular weight is 363 g/mol. The third kappa shape index (κ3) is 4.14. The number of nitrogens with two attached hydrogens (primary N) is 1. The number of carbonyl (C=O) groups excluding carboxylic acids is 1. The van der Waals surface area contributed by atoms with E-state index in [2.05, 4.69) is 15.9 Å². The number of anilines is 1. The molecular formula is C13H16BrFN2O2S. The minimum absolute atomic E-state index is 0.122. The molecule has 0 heterocycles. The van der Waals surface area contributed by atoms with Crippen LogP contribution in [-0.2, 0) is 9.53 Å². The van der Waals surface area contributed by atoms with Gasteiger partial charge in [0.15, 0.2) is 5.82 Å². The monoisotopic (exact) mass is 362 g/mol. The predicted octanol–water partition coefficient (Wildman–Crippen LogP) is 2.61. The second-order valence-electron chi connectivity index (χ2n) is 4.10. The van der Waals surface area contributed by atoms with Gasteiger partial charge in [-0.25, -0.2) is 4.39 Å². The molecular weight excluding hydrogens is 347 g/mol. The Morgan fingerprint density at radius 3 is 2.75 bits per heavy atom. The van der Waals surface area contributed by atoms with E-state index >= 15 is 0 Å². The average Bonchev–Trinajstić information content (AvgIpc) is 2.39. The van der Waals surface area contributed by atoms with Crippen LogP contribution in [0.3, 0.4) is 0 Å². The lowest BCUT2D eigenvalue weighted by atomic mass is 10.2. The summed E-state index contributed by atoms with van der Waals surface area (Å²) in [7, 11) is 1.70. The SMILES string of the molecule is CCOC(=O)CCN(C)c1ccc(C(N)=S)c(Br)c1F. The molecule has 1 rings (SSSR count). The molecule has 0 saturated carbocycles. The summed E-state index contributed by atoms with van der Waals surface area (Å²) in [5.41, 5.74) is 6.31. The number of rotatable bonds is 6. The minimum Gasteiger partial charge on any atom is -0.466 e. The summed E-state index contributed by atoms with van der Waals surface area (Å²) in [4.78, 5) is 13.0. The molecule has 0 bridgehead atoms. The van der Waals surface area contributed by atoms with Gasteiger partial charge in [-0.2, -0.15) is 0 Å². The zero-order valence-electron chi connectivity index (χ0n) is 11.3. The van der Waals surface area contributed by atoms with E-state index < -0.39 is 5.82 Å².